The van der Waals surface area contributed by atoms with Crippen LogP contribution in [0, 0.1) is 26.8 Å². The SMILES string of the molecule is COc1ccnc(-c2[c-]cc(OC)cc2-c2c(C)cc(C)cc2C)c1.[Ir]. The molecule has 0 saturated heterocycles. The van der Waals surface area contributed by atoms with E-state index in [2.05, 4.69) is 50.0 Å². The number of rotatable bonds is 4. The van der Waals surface area contributed by atoms with Crippen LogP contribution in [0.15, 0.2) is 42.6 Å². The van der Waals surface area contributed by atoms with E-state index in [-0.39, 0.29) is 20.1 Å². The average Bonchev–Trinajstić information content (AvgIpc) is 2.60. The molecule has 26 heavy (non-hydrogen) atoms. The van der Waals surface area contributed by atoms with Crippen molar-refractivity contribution in [1.29, 1.82) is 0 Å². The zero-order valence-electron chi connectivity index (χ0n) is 15.6. The number of nitrogens with zero attached hydrogens (tertiary/aromatic N) is 1. The Morgan fingerprint density at radius 3 is 2.15 bits per heavy atom. The number of ether oxygens (including phenoxy) is 2. The maximum Gasteiger partial charge on any atom is 0.113 e. The van der Waals surface area contributed by atoms with E-state index in [9.17, 15) is 0 Å². The number of aryl methyl sites for hydroxylation is 3. The predicted molar refractivity (Wildman–Crippen MR) is 101 cm³/mol. The monoisotopic (exact) mass is 525 g/mol. The summed E-state index contributed by atoms with van der Waals surface area (Å²) in [4.78, 5) is 4.52. The van der Waals surface area contributed by atoms with Crippen LogP contribution in [-0.2, 0) is 20.1 Å². The molecule has 0 unspecified atom stereocenters. The summed E-state index contributed by atoms with van der Waals surface area (Å²) in [7, 11) is 3.33. The Morgan fingerprint density at radius 2 is 1.54 bits per heavy atom. The van der Waals surface area contributed by atoms with Gasteiger partial charge in [0.05, 0.1) is 14.2 Å². The summed E-state index contributed by atoms with van der Waals surface area (Å²) in [6.45, 7) is 6.39. The van der Waals surface area contributed by atoms with Crippen LogP contribution in [0.1, 0.15) is 16.7 Å². The van der Waals surface area contributed by atoms with Gasteiger partial charge in [-0.2, -0.15) is 0 Å². The summed E-state index contributed by atoms with van der Waals surface area (Å²) in [6, 6.07) is 15.4. The zero-order valence-corrected chi connectivity index (χ0v) is 18.0. The van der Waals surface area contributed by atoms with Gasteiger partial charge in [-0.1, -0.05) is 46.0 Å². The molecule has 0 aliphatic carbocycles. The number of hydrogen-bond donors (Lipinski definition) is 0. The van der Waals surface area contributed by atoms with E-state index in [4.69, 9.17) is 9.47 Å². The number of pyridine rings is 1. The first-order chi connectivity index (χ1) is 12.0. The van der Waals surface area contributed by atoms with Crippen LogP contribution in [0.2, 0.25) is 0 Å². The van der Waals surface area contributed by atoms with E-state index < -0.39 is 0 Å². The van der Waals surface area contributed by atoms with Crippen molar-refractivity contribution in [3.63, 3.8) is 0 Å². The molecular formula is C22H22IrNO2-. The third kappa shape index (κ3) is 3.98. The Labute approximate surface area is 168 Å². The minimum absolute atomic E-state index is 0. The van der Waals surface area contributed by atoms with Crippen LogP contribution in [0.4, 0.5) is 0 Å². The zero-order chi connectivity index (χ0) is 18.0. The maximum absolute atomic E-state index is 5.44. The minimum Gasteiger partial charge on any atom is -0.540 e. The van der Waals surface area contributed by atoms with Crippen molar-refractivity contribution < 1.29 is 29.6 Å². The number of methoxy groups -OCH3 is 2. The standard InChI is InChI=1S/C22H22NO2.Ir/c1-14-10-15(2)22(16(3)11-14)20-12-17(24-4)6-7-19(20)21-13-18(25-5)8-9-23-21;/h6,8-13H,1-5H3;/q-1;. The molecule has 1 radical (unpaired) electrons. The van der Waals surface area contributed by atoms with Crippen molar-refractivity contribution in [1.82, 2.24) is 4.98 Å². The third-order valence-electron chi connectivity index (χ3n) is 4.32. The molecule has 3 aromatic rings. The molecule has 0 spiro atoms. The van der Waals surface area contributed by atoms with Gasteiger partial charge in [0, 0.05) is 32.1 Å². The first-order valence-electron chi connectivity index (χ1n) is 8.22. The average molecular weight is 525 g/mol. The van der Waals surface area contributed by atoms with Crippen molar-refractivity contribution in [2.45, 2.75) is 20.8 Å². The molecule has 0 saturated carbocycles. The molecule has 0 aliphatic rings. The fraction of sp³-hybridized carbons (Fsp3) is 0.227. The van der Waals surface area contributed by atoms with Gasteiger partial charge in [0.1, 0.15) is 5.75 Å². The summed E-state index contributed by atoms with van der Waals surface area (Å²) in [6.07, 6.45) is 1.75. The molecule has 0 N–H and O–H groups in total. The molecule has 1 heterocycles. The molecule has 3 rings (SSSR count). The number of hydrogen-bond acceptors (Lipinski definition) is 3. The minimum atomic E-state index is 0. The predicted octanol–water partition coefficient (Wildman–Crippen LogP) is 5.16. The summed E-state index contributed by atoms with van der Waals surface area (Å²) < 4.78 is 10.8. The molecule has 3 nitrogen and oxygen atoms in total. The molecule has 4 heteroatoms. The fourth-order valence-electron chi connectivity index (χ4n) is 3.28. The van der Waals surface area contributed by atoms with Crippen molar-refractivity contribution in [2.24, 2.45) is 0 Å². The molecule has 0 aliphatic heterocycles. The van der Waals surface area contributed by atoms with Crippen molar-refractivity contribution >= 4 is 0 Å². The van der Waals surface area contributed by atoms with Crippen LogP contribution in [-0.4, -0.2) is 19.2 Å². The van der Waals surface area contributed by atoms with Gasteiger partial charge in [0.25, 0.3) is 0 Å². The Morgan fingerprint density at radius 1 is 0.885 bits per heavy atom. The molecule has 0 fully saturated rings. The Bertz CT molecular complexity index is 899. The molecule has 0 atom stereocenters. The topological polar surface area (TPSA) is 31.4 Å². The van der Waals surface area contributed by atoms with Gasteiger partial charge < -0.3 is 14.5 Å². The van der Waals surface area contributed by atoms with E-state index in [1.807, 2.05) is 18.2 Å². The van der Waals surface area contributed by atoms with E-state index in [1.54, 1.807) is 20.4 Å². The van der Waals surface area contributed by atoms with E-state index >= 15 is 0 Å². The fourth-order valence-corrected chi connectivity index (χ4v) is 3.28. The maximum atomic E-state index is 5.44. The molecule has 137 valence electrons. The molecule has 1 aromatic heterocycles. The van der Waals surface area contributed by atoms with Gasteiger partial charge in [0.15, 0.2) is 0 Å². The first kappa shape index (κ1) is 20.2. The summed E-state index contributed by atoms with van der Waals surface area (Å²) >= 11 is 0. The van der Waals surface area contributed by atoms with Crippen molar-refractivity contribution in [3.05, 3.63) is 65.4 Å². The smallest absolute Gasteiger partial charge is 0.113 e. The van der Waals surface area contributed by atoms with Gasteiger partial charge >= 0.3 is 0 Å². The van der Waals surface area contributed by atoms with Crippen LogP contribution in [0.3, 0.4) is 0 Å². The second-order valence-corrected chi connectivity index (χ2v) is 6.18. The second kappa shape index (κ2) is 8.48. The number of aromatic nitrogens is 1. The molecule has 0 amide bonds. The Balaban J connectivity index is 0.00000243. The van der Waals surface area contributed by atoms with E-state index in [0.717, 1.165) is 28.3 Å². The summed E-state index contributed by atoms with van der Waals surface area (Å²) in [5.41, 5.74) is 7.74. The van der Waals surface area contributed by atoms with Crippen molar-refractivity contribution in [2.75, 3.05) is 14.2 Å². The summed E-state index contributed by atoms with van der Waals surface area (Å²) in [5, 5.41) is 0. The summed E-state index contributed by atoms with van der Waals surface area (Å²) in [5.74, 6) is 1.55. The van der Waals surface area contributed by atoms with E-state index in [1.165, 1.54) is 22.3 Å². The molecular weight excluding hydrogens is 502 g/mol. The quantitative estimate of drug-likeness (QED) is 0.442. The Hall–Kier alpha value is -2.16. The van der Waals surface area contributed by atoms with Gasteiger partial charge in [0.2, 0.25) is 0 Å². The number of benzene rings is 2. The second-order valence-electron chi connectivity index (χ2n) is 6.18. The van der Waals surface area contributed by atoms with Gasteiger partial charge in [-0.3, -0.25) is 0 Å². The van der Waals surface area contributed by atoms with Gasteiger partial charge in [-0.15, -0.1) is 17.7 Å². The third-order valence-corrected chi connectivity index (χ3v) is 4.32. The Kier molecular flexibility index (Phi) is 6.57. The van der Waals surface area contributed by atoms with Crippen LogP contribution in [0.25, 0.3) is 22.4 Å². The van der Waals surface area contributed by atoms with Gasteiger partial charge in [-0.25, -0.2) is 0 Å². The van der Waals surface area contributed by atoms with Gasteiger partial charge in [-0.05, 0) is 38.6 Å². The molecule has 2 aromatic carbocycles. The molecule has 0 bridgehead atoms. The van der Waals surface area contributed by atoms with Crippen LogP contribution in [0.5, 0.6) is 11.5 Å². The van der Waals surface area contributed by atoms with Crippen LogP contribution >= 0.6 is 0 Å². The van der Waals surface area contributed by atoms with Crippen molar-refractivity contribution in [3.8, 4) is 33.9 Å². The normalized spacial score (nSPS) is 10.2. The first-order valence-corrected chi connectivity index (χ1v) is 8.22. The van der Waals surface area contributed by atoms with Crippen LogP contribution < -0.4 is 9.47 Å². The van der Waals surface area contributed by atoms with E-state index in [0.29, 0.717) is 0 Å². The largest absolute Gasteiger partial charge is 0.540 e.